The van der Waals surface area contributed by atoms with Gasteiger partial charge in [0, 0.05) is 17.1 Å². The van der Waals surface area contributed by atoms with E-state index in [4.69, 9.17) is 27.7 Å². The van der Waals surface area contributed by atoms with Gasteiger partial charge in [-0.15, -0.1) is 11.6 Å². The van der Waals surface area contributed by atoms with Gasteiger partial charge in [-0.25, -0.2) is 0 Å². The van der Waals surface area contributed by atoms with E-state index in [1.165, 1.54) is 0 Å². The fourth-order valence-corrected chi connectivity index (χ4v) is 3.02. The lowest BCUT2D eigenvalue weighted by Crippen LogP contribution is -2.41. The van der Waals surface area contributed by atoms with Crippen molar-refractivity contribution in [2.45, 2.75) is 37.6 Å². The Morgan fingerprint density at radius 3 is 2.78 bits per heavy atom. The number of hydrogen-bond acceptors (Lipinski definition) is 4. The smallest absolute Gasteiger partial charge is 0.249 e. The van der Waals surface area contributed by atoms with Crippen molar-refractivity contribution >= 4 is 29.1 Å². The summed E-state index contributed by atoms with van der Waals surface area (Å²) in [5, 5.41) is 4.12. The lowest BCUT2D eigenvalue weighted by Gasteiger charge is -2.34. The topological polar surface area (TPSA) is 59.2 Å². The quantitative estimate of drug-likeness (QED) is 0.780. The molecule has 0 unspecified atom stereocenters. The molecule has 2 heterocycles. The number of aromatic nitrogens is 2. The predicted molar refractivity (Wildman–Crippen MR) is 88.4 cm³/mol. The third-order valence-corrected chi connectivity index (χ3v) is 4.39. The van der Waals surface area contributed by atoms with Crippen LogP contribution in [0.4, 0.5) is 0 Å². The summed E-state index contributed by atoms with van der Waals surface area (Å²) in [5.74, 6) is 0.858. The van der Waals surface area contributed by atoms with Crippen LogP contribution in [0.5, 0.6) is 0 Å². The number of carbonyl (C=O) groups excluding carboxylic acids is 1. The Morgan fingerprint density at radius 2 is 2.09 bits per heavy atom. The zero-order valence-electron chi connectivity index (χ0n) is 12.7. The average Bonchev–Trinajstić information content (AvgIpc) is 3.04. The van der Waals surface area contributed by atoms with E-state index in [0.717, 1.165) is 24.8 Å². The van der Waals surface area contributed by atoms with E-state index in [1.807, 2.05) is 12.1 Å². The minimum absolute atomic E-state index is 0.0948. The van der Waals surface area contributed by atoms with E-state index < -0.39 is 5.38 Å². The Hall–Kier alpha value is -1.59. The number of rotatable bonds is 3. The molecule has 1 aliphatic rings. The largest absolute Gasteiger partial charge is 0.337 e. The average molecular weight is 354 g/mol. The first kappa shape index (κ1) is 16.3. The number of halogens is 2. The first-order valence-electron chi connectivity index (χ1n) is 7.60. The fourth-order valence-electron chi connectivity index (χ4n) is 2.77. The summed E-state index contributed by atoms with van der Waals surface area (Å²) in [6, 6.07) is 7.02. The van der Waals surface area contributed by atoms with Crippen LogP contribution in [0.2, 0.25) is 5.02 Å². The lowest BCUT2D eigenvalue weighted by molar-refractivity contribution is -0.135. The predicted octanol–water partition coefficient (Wildman–Crippen LogP) is 4.07. The lowest BCUT2D eigenvalue weighted by atomic mass is 10.0. The van der Waals surface area contributed by atoms with Crippen LogP contribution in [0.1, 0.15) is 38.1 Å². The second kappa shape index (κ2) is 6.89. The molecule has 3 rings (SSSR count). The van der Waals surface area contributed by atoms with Crippen molar-refractivity contribution in [3.63, 3.8) is 0 Å². The van der Waals surface area contributed by atoms with Crippen molar-refractivity contribution in [2.75, 3.05) is 6.54 Å². The summed E-state index contributed by atoms with van der Waals surface area (Å²) in [6.45, 7) is 2.35. The van der Waals surface area contributed by atoms with Crippen LogP contribution in [0.15, 0.2) is 28.8 Å². The first-order valence-corrected chi connectivity index (χ1v) is 8.42. The zero-order valence-corrected chi connectivity index (χ0v) is 14.2. The molecule has 0 bridgehead atoms. The minimum atomic E-state index is -0.561. The van der Waals surface area contributed by atoms with Gasteiger partial charge in [0.1, 0.15) is 11.4 Å². The Balaban J connectivity index is 1.85. The number of likely N-dealkylation sites (tertiary alicyclic amines) is 1. The highest BCUT2D eigenvalue weighted by atomic mass is 35.5. The van der Waals surface area contributed by atoms with E-state index in [0.29, 0.717) is 23.3 Å². The third kappa shape index (κ3) is 3.51. The van der Waals surface area contributed by atoms with Crippen molar-refractivity contribution in [3.05, 3.63) is 35.2 Å². The van der Waals surface area contributed by atoms with Gasteiger partial charge in [-0.05, 0) is 50.5 Å². The Morgan fingerprint density at radius 1 is 1.35 bits per heavy atom. The van der Waals surface area contributed by atoms with Crippen LogP contribution in [-0.2, 0) is 4.79 Å². The Kier molecular flexibility index (Phi) is 4.87. The van der Waals surface area contributed by atoms with Gasteiger partial charge in [-0.3, -0.25) is 4.79 Å². The molecule has 2 aromatic rings. The summed E-state index contributed by atoms with van der Waals surface area (Å²) in [5.41, 5.74) is 0.823. The van der Waals surface area contributed by atoms with Gasteiger partial charge in [0.05, 0.1) is 0 Å². The number of benzene rings is 1. The number of amides is 1. The molecule has 1 fully saturated rings. The highest BCUT2D eigenvalue weighted by Gasteiger charge is 2.33. The van der Waals surface area contributed by atoms with Crippen molar-refractivity contribution in [1.29, 1.82) is 0 Å². The SMILES string of the molecule is C[C@@H](Cl)C(=O)N1CCCC[C@@H]1c1nc(-c2ccc(Cl)cc2)no1. The van der Waals surface area contributed by atoms with Gasteiger partial charge in [-0.1, -0.05) is 16.8 Å². The molecule has 7 heteroatoms. The maximum atomic E-state index is 12.3. The molecule has 1 saturated heterocycles. The second-order valence-electron chi connectivity index (χ2n) is 5.62. The molecule has 0 saturated carbocycles. The number of carbonyl (C=O) groups is 1. The molecule has 0 aliphatic carbocycles. The van der Waals surface area contributed by atoms with Crippen LogP contribution in [0.3, 0.4) is 0 Å². The third-order valence-electron chi connectivity index (χ3n) is 3.96. The van der Waals surface area contributed by atoms with Crippen LogP contribution < -0.4 is 0 Å². The Bertz CT molecular complexity index is 685. The van der Waals surface area contributed by atoms with E-state index in [2.05, 4.69) is 10.1 Å². The van der Waals surface area contributed by atoms with Gasteiger partial charge < -0.3 is 9.42 Å². The fraction of sp³-hybridized carbons (Fsp3) is 0.438. The second-order valence-corrected chi connectivity index (χ2v) is 6.71. The van der Waals surface area contributed by atoms with Gasteiger partial charge in [0.15, 0.2) is 0 Å². The monoisotopic (exact) mass is 353 g/mol. The maximum Gasteiger partial charge on any atom is 0.249 e. The summed E-state index contributed by atoms with van der Waals surface area (Å²) in [4.78, 5) is 18.5. The summed E-state index contributed by atoms with van der Waals surface area (Å²) >= 11 is 11.8. The normalized spacial score (nSPS) is 19.6. The Labute approximate surface area is 144 Å². The van der Waals surface area contributed by atoms with E-state index in [-0.39, 0.29) is 11.9 Å². The number of alkyl halides is 1. The first-order chi connectivity index (χ1) is 11.1. The molecule has 122 valence electrons. The molecule has 0 spiro atoms. The van der Waals surface area contributed by atoms with Crippen LogP contribution in [0.25, 0.3) is 11.4 Å². The van der Waals surface area contributed by atoms with Crippen molar-refractivity contribution in [2.24, 2.45) is 0 Å². The molecule has 1 amide bonds. The van der Waals surface area contributed by atoms with E-state index in [1.54, 1.807) is 24.0 Å². The van der Waals surface area contributed by atoms with Gasteiger partial charge in [0.25, 0.3) is 0 Å². The van der Waals surface area contributed by atoms with E-state index in [9.17, 15) is 4.79 Å². The highest BCUT2D eigenvalue weighted by molar-refractivity contribution is 6.30. The molecule has 1 aromatic heterocycles. The highest BCUT2D eigenvalue weighted by Crippen LogP contribution is 2.32. The number of nitrogens with zero attached hydrogens (tertiary/aromatic N) is 3. The molecule has 23 heavy (non-hydrogen) atoms. The van der Waals surface area contributed by atoms with Crippen molar-refractivity contribution < 1.29 is 9.32 Å². The minimum Gasteiger partial charge on any atom is -0.337 e. The molecule has 1 aliphatic heterocycles. The molecule has 2 atom stereocenters. The van der Waals surface area contributed by atoms with Crippen LogP contribution >= 0.6 is 23.2 Å². The summed E-state index contributed by atoms with van der Waals surface area (Å²) < 4.78 is 5.42. The number of hydrogen-bond donors (Lipinski definition) is 0. The van der Waals surface area contributed by atoms with Crippen LogP contribution in [-0.4, -0.2) is 32.9 Å². The molecule has 0 radical (unpaired) electrons. The molecule has 1 aromatic carbocycles. The summed E-state index contributed by atoms with van der Waals surface area (Å²) in [6.07, 6.45) is 2.78. The number of piperidine rings is 1. The van der Waals surface area contributed by atoms with Gasteiger partial charge in [0.2, 0.25) is 17.6 Å². The maximum absolute atomic E-state index is 12.3. The van der Waals surface area contributed by atoms with Crippen LogP contribution in [0, 0.1) is 0 Å². The summed E-state index contributed by atoms with van der Waals surface area (Å²) in [7, 11) is 0. The molecular formula is C16H17Cl2N3O2. The standard InChI is InChI=1S/C16H17Cl2N3O2/c1-10(17)16(22)21-9-3-2-4-13(21)15-19-14(20-23-15)11-5-7-12(18)8-6-11/h5-8,10,13H,2-4,9H2,1H3/t10-,13-/m1/s1. The van der Waals surface area contributed by atoms with Crippen molar-refractivity contribution in [3.8, 4) is 11.4 Å². The van der Waals surface area contributed by atoms with Gasteiger partial charge >= 0.3 is 0 Å². The molecule has 5 nitrogen and oxygen atoms in total. The van der Waals surface area contributed by atoms with E-state index >= 15 is 0 Å². The zero-order chi connectivity index (χ0) is 16.4. The molecule has 0 N–H and O–H groups in total. The molecular weight excluding hydrogens is 337 g/mol. The van der Waals surface area contributed by atoms with Gasteiger partial charge in [-0.2, -0.15) is 4.98 Å². The van der Waals surface area contributed by atoms with Crippen molar-refractivity contribution in [1.82, 2.24) is 15.0 Å².